The van der Waals surface area contributed by atoms with E-state index in [0.717, 1.165) is 10.2 Å². The zero-order chi connectivity index (χ0) is 16.3. The number of carbonyl (C=O) groups excluding carboxylic acids is 1. The minimum Gasteiger partial charge on any atom is -0.508 e. The first-order chi connectivity index (χ1) is 10.4. The molecular formula is C16H16BrNO4. The summed E-state index contributed by atoms with van der Waals surface area (Å²) in [6.45, 7) is 0.399. The first kappa shape index (κ1) is 16.2. The number of ether oxygens (including phenoxy) is 1. The zero-order valence-electron chi connectivity index (χ0n) is 12.2. The van der Waals surface area contributed by atoms with Crippen LogP contribution in [0, 0.1) is 0 Å². The van der Waals surface area contributed by atoms with Crippen LogP contribution in [-0.2, 0) is 11.3 Å². The van der Waals surface area contributed by atoms with Gasteiger partial charge in [0.2, 0.25) is 0 Å². The molecule has 22 heavy (non-hydrogen) atoms. The maximum Gasteiger partial charge on any atom is 0.337 e. The summed E-state index contributed by atoms with van der Waals surface area (Å²) in [5.74, 6) is -0.186. The van der Waals surface area contributed by atoms with Crippen molar-refractivity contribution in [3.63, 3.8) is 0 Å². The van der Waals surface area contributed by atoms with Crippen molar-refractivity contribution in [2.75, 3.05) is 19.1 Å². The average molecular weight is 366 g/mol. The van der Waals surface area contributed by atoms with Gasteiger partial charge in [-0.25, -0.2) is 4.79 Å². The first-order valence-corrected chi connectivity index (χ1v) is 7.31. The molecule has 2 aromatic carbocycles. The number of phenols is 2. The molecule has 0 aromatic heterocycles. The lowest BCUT2D eigenvalue weighted by Crippen LogP contribution is -2.17. The van der Waals surface area contributed by atoms with Gasteiger partial charge in [-0.3, -0.25) is 0 Å². The molecule has 0 bridgehead atoms. The molecule has 0 amide bonds. The summed E-state index contributed by atoms with van der Waals surface area (Å²) in [7, 11) is 3.18. The fourth-order valence-corrected chi connectivity index (χ4v) is 2.78. The summed E-state index contributed by atoms with van der Waals surface area (Å²) in [4.78, 5) is 13.4. The van der Waals surface area contributed by atoms with E-state index in [-0.39, 0.29) is 11.5 Å². The molecule has 0 atom stereocenters. The van der Waals surface area contributed by atoms with Crippen LogP contribution in [0.25, 0.3) is 0 Å². The molecule has 0 unspecified atom stereocenters. The van der Waals surface area contributed by atoms with Crippen LogP contribution in [0.4, 0.5) is 5.69 Å². The van der Waals surface area contributed by atoms with Gasteiger partial charge in [0.25, 0.3) is 0 Å². The fourth-order valence-electron chi connectivity index (χ4n) is 2.10. The second-order valence-electron chi connectivity index (χ2n) is 4.83. The summed E-state index contributed by atoms with van der Waals surface area (Å²) >= 11 is 3.43. The highest BCUT2D eigenvalue weighted by atomic mass is 79.9. The van der Waals surface area contributed by atoms with E-state index in [1.54, 1.807) is 18.2 Å². The van der Waals surface area contributed by atoms with Gasteiger partial charge in [0.1, 0.15) is 11.5 Å². The van der Waals surface area contributed by atoms with Gasteiger partial charge in [-0.05, 0) is 52.3 Å². The molecular weight excluding hydrogens is 350 g/mol. The Bertz CT molecular complexity index is 703. The molecule has 116 valence electrons. The van der Waals surface area contributed by atoms with Crippen LogP contribution in [0.1, 0.15) is 15.9 Å². The Morgan fingerprint density at radius 2 is 1.95 bits per heavy atom. The Balaban J connectivity index is 2.24. The molecule has 0 saturated heterocycles. The SMILES string of the molecule is COC(=O)c1ccc(N(C)Cc2cc(O)ccc2O)c(Br)c1. The molecule has 0 radical (unpaired) electrons. The number of phenolic OH excluding ortho intramolecular Hbond substituents is 2. The molecule has 0 spiro atoms. The smallest absolute Gasteiger partial charge is 0.337 e. The molecule has 0 aliphatic heterocycles. The van der Waals surface area contributed by atoms with Crippen LogP contribution < -0.4 is 4.90 Å². The Morgan fingerprint density at radius 1 is 1.23 bits per heavy atom. The number of methoxy groups -OCH3 is 1. The molecule has 6 heteroatoms. The highest BCUT2D eigenvalue weighted by Crippen LogP contribution is 2.30. The number of hydrogen-bond acceptors (Lipinski definition) is 5. The van der Waals surface area contributed by atoms with Gasteiger partial charge in [-0.2, -0.15) is 0 Å². The molecule has 0 heterocycles. The third-order valence-corrected chi connectivity index (χ3v) is 3.89. The predicted octanol–water partition coefficient (Wildman–Crippen LogP) is 3.28. The van der Waals surface area contributed by atoms with Crippen molar-refractivity contribution in [3.8, 4) is 11.5 Å². The Hall–Kier alpha value is -2.21. The van der Waals surface area contributed by atoms with Gasteiger partial charge >= 0.3 is 5.97 Å². The standard InChI is InChI=1S/C16H16BrNO4/c1-18(9-11-7-12(19)4-6-15(11)20)14-5-3-10(8-13(14)17)16(21)22-2/h3-8,19-20H,9H2,1-2H3. The summed E-state index contributed by atoms with van der Waals surface area (Å²) in [5.41, 5.74) is 1.90. The van der Waals surface area contributed by atoms with E-state index in [9.17, 15) is 15.0 Å². The van der Waals surface area contributed by atoms with Crippen LogP contribution in [0.15, 0.2) is 40.9 Å². The van der Waals surface area contributed by atoms with Crippen LogP contribution in [-0.4, -0.2) is 30.3 Å². The van der Waals surface area contributed by atoms with Gasteiger partial charge in [0.15, 0.2) is 0 Å². The Kier molecular flexibility index (Phi) is 4.92. The van der Waals surface area contributed by atoms with Gasteiger partial charge in [-0.15, -0.1) is 0 Å². The highest BCUT2D eigenvalue weighted by Gasteiger charge is 2.13. The number of hydrogen-bond donors (Lipinski definition) is 2. The lowest BCUT2D eigenvalue weighted by atomic mass is 10.1. The summed E-state index contributed by atoms with van der Waals surface area (Å²) in [6.07, 6.45) is 0. The minimum absolute atomic E-state index is 0.0984. The number of esters is 1. The van der Waals surface area contributed by atoms with Crippen molar-refractivity contribution in [3.05, 3.63) is 52.0 Å². The van der Waals surface area contributed by atoms with Crippen LogP contribution in [0.3, 0.4) is 0 Å². The fraction of sp³-hybridized carbons (Fsp3) is 0.188. The maximum absolute atomic E-state index is 11.5. The average Bonchev–Trinajstić information content (AvgIpc) is 2.49. The lowest BCUT2D eigenvalue weighted by molar-refractivity contribution is 0.0600. The van der Waals surface area contributed by atoms with Crippen molar-refractivity contribution >= 4 is 27.6 Å². The van der Waals surface area contributed by atoms with E-state index in [2.05, 4.69) is 20.7 Å². The molecule has 2 N–H and O–H groups in total. The second kappa shape index (κ2) is 6.70. The highest BCUT2D eigenvalue weighted by molar-refractivity contribution is 9.10. The topological polar surface area (TPSA) is 70.0 Å². The predicted molar refractivity (Wildman–Crippen MR) is 87.4 cm³/mol. The van der Waals surface area contributed by atoms with E-state index in [0.29, 0.717) is 17.7 Å². The molecule has 0 fully saturated rings. The number of anilines is 1. The Morgan fingerprint density at radius 3 is 2.59 bits per heavy atom. The zero-order valence-corrected chi connectivity index (χ0v) is 13.8. The first-order valence-electron chi connectivity index (χ1n) is 6.52. The molecule has 2 rings (SSSR count). The number of carbonyl (C=O) groups is 1. The third kappa shape index (κ3) is 3.51. The van der Waals surface area contributed by atoms with Crippen molar-refractivity contribution < 1.29 is 19.7 Å². The Labute approximate surface area is 136 Å². The van der Waals surface area contributed by atoms with Crippen LogP contribution in [0.2, 0.25) is 0 Å². The number of rotatable bonds is 4. The van der Waals surface area contributed by atoms with E-state index in [4.69, 9.17) is 0 Å². The van der Waals surface area contributed by atoms with Crippen molar-refractivity contribution in [1.29, 1.82) is 0 Å². The number of benzene rings is 2. The van der Waals surface area contributed by atoms with Gasteiger partial charge < -0.3 is 19.8 Å². The van der Waals surface area contributed by atoms with Gasteiger partial charge in [0.05, 0.1) is 18.4 Å². The maximum atomic E-state index is 11.5. The lowest BCUT2D eigenvalue weighted by Gasteiger charge is -2.21. The summed E-state index contributed by atoms with van der Waals surface area (Å²) in [6, 6.07) is 9.54. The van der Waals surface area contributed by atoms with Crippen molar-refractivity contribution in [1.82, 2.24) is 0 Å². The van der Waals surface area contributed by atoms with Gasteiger partial charge in [0, 0.05) is 23.6 Å². The van der Waals surface area contributed by atoms with Crippen molar-refractivity contribution in [2.45, 2.75) is 6.54 Å². The molecule has 0 saturated carbocycles. The summed E-state index contributed by atoms with van der Waals surface area (Å²) < 4.78 is 5.42. The minimum atomic E-state index is -0.402. The molecule has 5 nitrogen and oxygen atoms in total. The largest absolute Gasteiger partial charge is 0.508 e. The van der Waals surface area contributed by atoms with E-state index < -0.39 is 5.97 Å². The van der Waals surface area contributed by atoms with Crippen LogP contribution in [0.5, 0.6) is 11.5 Å². The quantitative estimate of drug-likeness (QED) is 0.642. The monoisotopic (exact) mass is 365 g/mol. The van der Waals surface area contributed by atoms with E-state index >= 15 is 0 Å². The van der Waals surface area contributed by atoms with E-state index in [1.165, 1.54) is 25.3 Å². The molecule has 2 aromatic rings. The molecule has 0 aliphatic rings. The summed E-state index contributed by atoms with van der Waals surface area (Å²) in [5, 5.41) is 19.3. The number of aromatic hydroxyl groups is 2. The van der Waals surface area contributed by atoms with Gasteiger partial charge in [-0.1, -0.05) is 0 Å². The van der Waals surface area contributed by atoms with E-state index in [1.807, 2.05) is 11.9 Å². The normalized spacial score (nSPS) is 10.3. The second-order valence-corrected chi connectivity index (χ2v) is 5.68. The third-order valence-electron chi connectivity index (χ3n) is 3.25. The van der Waals surface area contributed by atoms with Crippen LogP contribution >= 0.6 is 15.9 Å². The number of nitrogens with zero attached hydrogens (tertiary/aromatic N) is 1. The van der Waals surface area contributed by atoms with Crippen molar-refractivity contribution in [2.24, 2.45) is 0 Å². The number of halogens is 1. The molecule has 0 aliphatic carbocycles.